The Balaban J connectivity index is 1.49. The number of hydrogen-bond acceptors (Lipinski definition) is 9. The zero-order valence-electron chi connectivity index (χ0n) is 22.9. The van der Waals surface area contributed by atoms with Gasteiger partial charge in [0.1, 0.15) is 5.52 Å². The number of fused-ring (bicyclic) bond motifs is 1. The third-order valence-corrected chi connectivity index (χ3v) is 9.15. The van der Waals surface area contributed by atoms with Crippen LogP contribution in [-0.4, -0.2) is 61.1 Å². The summed E-state index contributed by atoms with van der Waals surface area (Å²) in [5.74, 6) is 3.32. The molecule has 4 heterocycles. The van der Waals surface area contributed by atoms with Crippen LogP contribution in [0.4, 0.5) is 11.8 Å². The van der Waals surface area contributed by atoms with Gasteiger partial charge in [0.15, 0.2) is 11.5 Å². The molecule has 3 atom stereocenters. The second kappa shape index (κ2) is 10.3. The summed E-state index contributed by atoms with van der Waals surface area (Å²) in [6.07, 6.45) is 8.77. The van der Waals surface area contributed by atoms with E-state index in [1.54, 1.807) is 0 Å². The van der Waals surface area contributed by atoms with Crippen molar-refractivity contribution < 1.29 is 9.15 Å². The Bertz CT molecular complexity index is 1320. The largest absolute Gasteiger partial charge is 0.434 e. The van der Waals surface area contributed by atoms with Crippen molar-refractivity contribution in [3.8, 4) is 11.7 Å². The Morgan fingerprint density at radius 1 is 1.08 bits per heavy atom. The van der Waals surface area contributed by atoms with Gasteiger partial charge in [-0.15, -0.1) is 5.10 Å². The van der Waals surface area contributed by atoms with Crippen molar-refractivity contribution in [1.82, 2.24) is 29.7 Å². The number of morpholine rings is 1. The Morgan fingerprint density at radius 3 is 2.55 bits per heavy atom. The average molecular weight is 525 g/mol. The van der Waals surface area contributed by atoms with E-state index < -0.39 is 5.76 Å². The fraction of sp³-hybridized carbons (Fsp3) is 0.741. The monoisotopic (exact) mass is 524 g/mol. The molecule has 0 spiro atoms. The quantitative estimate of drug-likeness (QED) is 0.467. The third kappa shape index (κ3) is 4.81. The lowest BCUT2D eigenvalue weighted by atomic mass is 9.80. The van der Waals surface area contributed by atoms with Gasteiger partial charge in [-0.2, -0.15) is 4.98 Å². The van der Waals surface area contributed by atoms with Gasteiger partial charge in [0, 0.05) is 19.1 Å². The number of hydrogen-bond donors (Lipinski definition) is 2. The predicted octanol–water partition coefficient (Wildman–Crippen LogP) is 4.21. The first kappa shape index (κ1) is 25.3. The number of rotatable bonds is 7. The van der Waals surface area contributed by atoms with Crippen molar-refractivity contribution in [2.45, 2.75) is 97.4 Å². The number of nitrogens with one attached hydrogen (secondary N) is 2. The van der Waals surface area contributed by atoms with Gasteiger partial charge in [0.2, 0.25) is 11.8 Å². The van der Waals surface area contributed by atoms with Crippen LogP contribution >= 0.6 is 0 Å². The first-order valence-electron chi connectivity index (χ1n) is 14.4. The smallest absolute Gasteiger partial charge is 0.384 e. The molecule has 3 aliphatic rings. The Kier molecular flexibility index (Phi) is 6.88. The highest BCUT2D eigenvalue weighted by Crippen LogP contribution is 2.37. The average Bonchev–Trinajstić information content (AvgIpc) is 3.45. The molecule has 2 aliphatic carbocycles. The summed E-state index contributed by atoms with van der Waals surface area (Å²) < 4.78 is 13.5. The highest BCUT2D eigenvalue weighted by atomic mass is 16.5. The molecule has 0 unspecified atom stereocenters. The molecule has 0 amide bonds. The summed E-state index contributed by atoms with van der Waals surface area (Å²) >= 11 is 0. The lowest BCUT2D eigenvalue weighted by Crippen LogP contribution is -2.49. The lowest BCUT2D eigenvalue weighted by molar-refractivity contribution is 0.0274. The van der Waals surface area contributed by atoms with Gasteiger partial charge >= 0.3 is 5.76 Å². The van der Waals surface area contributed by atoms with Gasteiger partial charge in [-0.05, 0) is 64.2 Å². The minimum absolute atomic E-state index is 0.0713. The summed E-state index contributed by atoms with van der Waals surface area (Å²) in [6, 6.07) is 0.429. The molecular formula is C27H40N8O3. The SMILES string of the molecule is CC1CCC(Cn2c(N3CCO[C@H](C)[C@@H]3C)nc3nc(-c4n[nH]c(=O)o4)nc(N[C@H](C)C4CCC4)c32)CC1. The minimum Gasteiger partial charge on any atom is -0.384 e. The number of H-pyrrole nitrogens is 1. The molecule has 2 N–H and O–H groups in total. The summed E-state index contributed by atoms with van der Waals surface area (Å²) in [6.45, 7) is 11.2. The fourth-order valence-corrected chi connectivity index (χ4v) is 6.20. The van der Waals surface area contributed by atoms with E-state index in [0.29, 0.717) is 24.1 Å². The van der Waals surface area contributed by atoms with E-state index in [9.17, 15) is 4.79 Å². The van der Waals surface area contributed by atoms with Gasteiger partial charge in [0.05, 0.1) is 18.8 Å². The lowest BCUT2D eigenvalue weighted by Gasteiger charge is -2.39. The summed E-state index contributed by atoms with van der Waals surface area (Å²) in [5, 5.41) is 10.0. The first-order chi connectivity index (χ1) is 18.4. The van der Waals surface area contributed by atoms with Crippen LogP contribution < -0.4 is 16.0 Å². The van der Waals surface area contributed by atoms with Crippen molar-refractivity contribution in [3.05, 3.63) is 10.6 Å². The zero-order valence-corrected chi connectivity index (χ0v) is 22.9. The second-order valence-electron chi connectivity index (χ2n) is 11.8. The minimum atomic E-state index is -0.630. The van der Waals surface area contributed by atoms with Crippen LogP contribution in [0.15, 0.2) is 9.21 Å². The van der Waals surface area contributed by atoms with Crippen LogP contribution in [0.25, 0.3) is 22.9 Å². The molecular weight excluding hydrogens is 484 g/mol. The highest BCUT2D eigenvalue weighted by molar-refractivity contribution is 5.87. The number of nitrogens with zero attached hydrogens (tertiary/aromatic N) is 6. The number of ether oxygens (including phenoxy) is 1. The van der Waals surface area contributed by atoms with E-state index in [0.717, 1.165) is 36.3 Å². The molecule has 6 rings (SSSR count). The van der Waals surface area contributed by atoms with Crippen LogP contribution in [0.1, 0.15) is 72.6 Å². The molecule has 206 valence electrons. The van der Waals surface area contributed by atoms with E-state index in [-0.39, 0.29) is 29.9 Å². The number of aromatic nitrogens is 6. The van der Waals surface area contributed by atoms with Crippen molar-refractivity contribution >= 4 is 22.9 Å². The van der Waals surface area contributed by atoms with E-state index in [1.165, 1.54) is 44.9 Å². The molecule has 1 aliphatic heterocycles. The fourth-order valence-electron chi connectivity index (χ4n) is 6.20. The third-order valence-electron chi connectivity index (χ3n) is 9.15. The van der Waals surface area contributed by atoms with Crippen LogP contribution in [-0.2, 0) is 11.3 Å². The van der Waals surface area contributed by atoms with Crippen molar-refractivity contribution in [2.75, 3.05) is 23.4 Å². The van der Waals surface area contributed by atoms with Crippen LogP contribution in [0, 0.1) is 17.8 Å². The van der Waals surface area contributed by atoms with Gasteiger partial charge in [-0.1, -0.05) is 26.2 Å². The Morgan fingerprint density at radius 2 is 1.87 bits per heavy atom. The van der Waals surface area contributed by atoms with E-state index >= 15 is 0 Å². The zero-order chi connectivity index (χ0) is 26.4. The molecule has 0 aromatic carbocycles. The predicted molar refractivity (Wildman–Crippen MR) is 145 cm³/mol. The van der Waals surface area contributed by atoms with Gasteiger partial charge < -0.3 is 23.9 Å². The molecule has 3 fully saturated rings. The molecule has 3 aromatic heterocycles. The Labute approximate surface area is 222 Å². The number of imidazole rings is 1. The van der Waals surface area contributed by atoms with Gasteiger partial charge in [-0.3, -0.25) is 0 Å². The Hall–Kier alpha value is -2.95. The summed E-state index contributed by atoms with van der Waals surface area (Å²) in [4.78, 5) is 28.8. The highest BCUT2D eigenvalue weighted by Gasteiger charge is 2.33. The van der Waals surface area contributed by atoms with Crippen LogP contribution in [0.3, 0.4) is 0 Å². The van der Waals surface area contributed by atoms with E-state index in [1.807, 2.05) is 0 Å². The normalized spacial score (nSPS) is 27.4. The van der Waals surface area contributed by atoms with Gasteiger partial charge in [-0.25, -0.2) is 19.9 Å². The molecule has 0 radical (unpaired) electrons. The molecule has 2 saturated carbocycles. The van der Waals surface area contributed by atoms with Crippen molar-refractivity contribution in [2.24, 2.45) is 17.8 Å². The maximum Gasteiger partial charge on any atom is 0.434 e. The molecule has 1 saturated heterocycles. The molecule has 3 aromatic rings. The second-order valence-corrected chi connectivity index (χ2v) is 11.8. The maximum absolute atomic E-state index is 11.7. The molecule has 11 heteroatoms. The van der Waals surface area contributed by atoms with Crippen molar-refractivity contribution in [1.29, 1.82) is 0 Å². The van der Waals surface area contributed by atoms with Crippen molar-refractivity contribution in [3.63, 3.8) is 0 Å². The number of aromatic amines is 1. The number of anilines is 2. The molecule has 11 nitrogen and oxygen atoms in total. The molecule has 38 heavy (non-hydrogen) atoms. The summed E-state index contributed by atoms with van der Waals surface area (Å²) in [7, 11) is 0. The van der Waals surface area contributed by atoms with E-state index in [2.05, 4.69) is 52.7 Å². The standard InChI is InChI=1S/C27H40N8O3/c1-15-8-10-19(11-9-15)14-35-21-22(28-16(2)20-6-5-7-20)29-24(25-32-33-27(36)38-25)30-23(21)31-26(35)34-12-13-37-18(4)17(34)3/h15-20H,5-14H2,1-4H3,(H,33,36)(H,28,29,30)/t15?,16-,17+,18-,19?/m1/s1. The summed E-state index contributed by atoms with van der Waals surface area (Å²) in [5.41, 5.74) is 1.51. The molecule has 0 bridgehead atoms. The first-order valence-corrected chi connectivity index (χ1v) is 14.4. The maximum atomic E-state index is 11.7. The van der Waals surface area contributed by atoms with Crippen LogP contribution in [0.5, 0.6) is 0 Å². The van der Waals surface area contributed by atoms with Gasteiger partial charge in [0.25, 0.3) is 5.89 Å². The van der Waals surface area contributed by atoms with Crippen LogP contribution in [0.2, 0.25) is 0 Å². The topological polar surface area (TPSA) is 127 Å². The van der Waals surface area contributed by atoms with E-state index in [4.69, 9.17) is 24.1 Å².